The van der Waals surface area contributed by atoms with E-state index in [-0.39, 0.29) is 21.7 Å². The van der Waals surface area contributed by atoms with E-state index in [1.165, 1.54) is 19.1 Å². The Balaban J connectivity index is 0.000000318. The predicted octanol–water partition coefficient (Wildman–Crippen LogP) is 4.86. The summed E-state index contributed by atoms with van der Waals surface area (Å²) in [5, 5.41) is 14.4. The van der Waals surface area contributed by atoms with Crippen molar-refractivity contribution in [2.45, 2.75) is 116 Å². The van der Waals surface area contributed by atoms with Gasteiger partial charge in [0.25, 0.3) is 0 Å². The summed E-state index contributed by atoms with van der Waals surface area (Å²) in [4.78, 5) is 54.2. The van der Waals surface area contributed by atoms with E-state index < -0.39 is 59.7 Å². The molecule has 4 rings (SSSR count). The van der Waals surface area contributed by atoms with E-state index in [4.69, 9.17) is 14.6 Å². The molecular weight excluding hydrogens is 719 g/mol. The van der Waals surface area contributed by atoms with Gasteiger partial charge in [0.2, 0.25) is 0 Å². The predicted molar refractivity (Wildman–Crippen MR) is 175 cm³/mol. The van der Waals surface area contributed by atoms with Gasteiger partial charge >= 0.3 is 91.1 Å². The number of benzene rings is 1. The summed E-state index contributed by atoms with van der Waals surface area (Å²) in [6, 6.07) is 6.16. The third-order valence-electron chi connectivity index (χ3n) is 6.47. The number of alkyl carbamates (subject to hydrolysis) is 2. The van der Waals surface area contributed by atoms with Crippen LogP contribution < -0.4 is 10.6 Å². The van der Waals surface area contributed by atoms with Gasteiger partial charge in [-0.1, -0.05) is 0 Å². The zero-order valence-corrected chi connectivity index (χ0v) is 30.1. The molecule has 0 bridgehead atoms. The average Bonchev–Trinajstić information content (AvgIpc) is 3.11. The van der Waals surface area contributed by atoms with Gasteiger partial charge in [0.15, 0.2) is 0 Å². The first-order valence-corrected chi connectivity index (χ1v) is 18.7. The van der Waals surface area contributed by atoms with Crippen LogP contribution >= 0.6 is 19.3 Å². The molecule has 1 aliphatic heterocycles. The summed E-state index contributed by atoms with van der Waals surface area (Å²) in [6.07, 6.45) is 5.00. The van der Waals surface area contributed by atoms with Crippen molar-refractivity contribution in [3.05, 3.63) is 33.4 Å². The van der Waals surface area contributed by atoms with Crippen molar-refractivity contribution in [2.75, 3.05) is 13.2 Å². The molecule has 1 aromatic rings. The first-order valence-electron chi connectivity index (χ1n) is 14.9. The zero-order chi connectivity index (χ0) is 35.4. The molecular formula is C31H49IN2O12. The van der Waals surface area contributed by atoms with Crippen LogP contribution in [0.2, 0.25) is 0 Å². The molecule has 2 fully saturated rings. The molecule has 2 saturated carbocycles. The van der Waals surface area contributed by atoms with Crippen molar-refractivity contribution in [3.63, 3.8) is 0 Å². The number of aliphatic hydroxyl groups excluding tert-OH is 1. The number of amides is 2. The first kappa shape index (κ1) is 40.8. The Labute approximate surface area is 275 Å². The van der Waals surface area contributed by atoms with Crippen LogP contribution in [0.15, 0.2) is 24.3 Å². The average molecular weight is 769 g/mol. The van der Waals surface area contributed by atoms with Crippen molar-refractivity contribution in [3.8, 4) is 0 Å². The third-order valence-corrected chi connectivity index (χ3v) is 9.88. The summed E-state index contributed by atoms with van der Waals surface area (Å²) in [5.41, 5.74) is -1.85. The standard InChI is InChI=1S/C10H19NO3.C10H17NO3.C7H5IO4.C4H8O2/c2*1-9(2,3)14-8(13)11-10(7-12)5-4-6-10;9-7-5-3-1-2-4-6(5)8(10,11)12-7;1-3-6-4(2)5/h12H,4-7H2,1-3H3,(H,11,13);7H,4-6H2,1-3H3,(H,11,13);1-4H,(H,10,11);3H2,1-2H3. The number of carbonyl (C=O) groups is 5. The van der Waals surface area contributed by atoms with E-state index in [1.54, 1.807) is 39.8 Å². The Morgan fingerprint density at radius 1 is 0.957 bits per heavy atom. The number of hydrogen-bond acceptors (Lipinski definition) is 11. The normalized spacial score (nSPS) is 21.2. The molecule has 46 heavy (non-hydrogen) atoms. The number of ether oxygens (including phenoxy) is 3. The monoisotopic (exact) mass is 768 g/mol. The maximum atomic E-state index is 11.4. The Morgan fingerprint density at radius 3 is 1.78 bits per heavy atom. The minimum absolute atomic E-state index is 0.00770. The second kappa shape index (κ2) is 17.1. The SMILES string of the molecule is CC(C)(C)OC(=O)NC1(C=O)CCC1.CC(C)(C)OC(=O)NC1(CO)CCC1.CCOC(C)=O.O=C1OI(=O)(O)c2ccccc21. The molecule has 262 valence electrons. The van der Waals surface area contributed by atoms with Gasteiger partial charge in [0, 0.05) is 6.92 Å². The number of halogens is 1. The summed E-state index contributed by atoms with van der Waals surface area (Å²) >= 11 is -4.54. The van der Waals surface area contributed by atoms with E-state index in [2.05, 4.69) is 18.4 Å². The fourth-order valence-corrected chi connectivity index (χ4v) is 6.81. The molecule has 0 aromatic heterocycles. The summed E-state index contributed by atoms with van der Waals surface area (Å²) in [7, 11) is 0. The van der Waals surface area contributed by atoms with Crippen molar-refractivity contribution in [2.24, 2.45) is 0 Å². The van der Waals surface area contributed by atoms with Crippen molar-refractivity contribution in [1.82, 2.24) is 10.6 Å². The quantitative estimate of drug-likeness (QED) is 0.137. The van der Waals surface area contributed by atoms with E-state index >= 15 is 0 Å². The Hall–Kier alpha value is -3.18. The number of rotatable bonds is 5. The van der Waals surface area contributed by atoms with E-state index in [0.717, 1.165) is 44.8 Å². The van der Waals surface area contributed by atoms with Crippen LogP contribution in [0.4, 0.5) is 9.59 Å². The van der Waals surface area contributed by atoms with Gasteiger partial charge in [-0.05, 0) is 87.0 Å². The molecule has 1 atom stereocenters. The minimum atomic E-state index is -4.54. The molecule has 4 N–H and O–H groups in total. The fraction of sp³-hybridized carbons (Fsp3) is 0.645. The van der Waals surface area contributed by atoms with Gasteiger partial charge in [-0.25, -0.2) is 9.59 Å². The van der Waals surface area contributed by atoms with Gasteiger partial charge in [-0.3, -0.25) is 4.79 Å². The molecule has 0 spiro atoms. The number of fused-ring (bicyclic) bond motifs is 1. The molecule has 15 heteroatoms. The van der Waals surface area contributed by atoms with E-state index in [9.17, 15) is 30.5 Å². The molecule has 1 aromatic carbocycles. The number of aldehydes is 1. The molecule has 2 amide bonds. The topological polar surface area (TPSA) is 204 Å². The second-order valence-corrected chi connectivity index (χ2v) is 17.0. The van der Waals surface area contributed by atoms with Gasteiger partial charge in [-0.15, -0.1) is 0 Å². The van der Waals surface area contributed by atoms with Crippen LogP contribution in [0, 0.1) is 3.57 Å². The molecule has 2 aliphatic carbocycles. The van der Waals surface area contributed by atoms with Gasteiger partial charge in [-0.2, -0.15) is 0 Å². The van der Waals surface area contributed by atoms with Crippen LogP contribution in [0.1, 0.15) is 104 Å². The number of aliphatic hydroxyl groups is 1. The first-order chi connectivity index (χ1) is 21.1. The molecule has 14 nitrogen and oxygen atoms in total. The van der Waals surface area contributed by atoms with E-state index in [1.807, 2.05) is 20.8 Å². The number of esters is 1. The number of hydrogen-bond donors (Lipinski definition) is 4. The second-order valence-electron chi connectivity index (χ2n) is 12.9. The summed E-state index contributed by atoms with van der Waals surface area (Å²) in [6.45, 7) is 14.5. The van der Waals surface area contributed by atoms with Gasteiger partial charge in [0.1, 0.15) is 17.5 Å². The summed E-state index contributed by atoms with van der Waals surface area (Å²) in [5.74, 6) is -0.906. The van der Waals surface area contributed by atoms with Crippen molar-refractivity contribution >= 4 is 49.7 Å². The van der Waals surface area contributed by atoms with Crippen LogP contribution in [0.5, 0.6) is 0 Å². The molecule has 1 heterocycles. The van der Waals surface area contributed by atoms with Crippen LogP contribution in [0.25, 0.3) is 0 Å². The Morgan fingerprint density at radius 2 is 1.46 bits per heavy atom. The fourth-order valence-electron chi connectivity index (χ4n) is 4.00. The third kappa shape index (κ3) is 14.1. The molecule has 1 unspecified atom stereocenters. The number of carbonyl (C=O) groups excluding carboxylic acids is 5. The van der Waals surface area contributed by atoms with Crippen LogP contribution in [-0.2, 0) is 29.9 Å². The van der Waals surface area contributed by atoms with Crippen molar-refractivity contribution in [1.29, 1.82) is 0 Å². The maximum absolute atomic E-state index is 11.4. The van der Waals surface area contributed by atoms with Gasteiger partial charge in [0.05, 0.1) is 24.3 Å². The van der Waals surface area contributed by atoms with Crippen LogP contribution in [-0.4, -0.2) is 74.4 Å². The molecule has 3 aliphatic rings. The summed E-state index contributed by atoms with van der Waals surface area (Å²) < 4.78 is 39.5. The zero-order valence-electron chi connectivity index (χ0n) is 27.9. The van der Waals surface area contributed by atoms with E-state index in [0.29, 0.717) is 6.61 Å². The molecule has 0 radical (unpaired) electrons. The Kier molecular flexibility index (Phi) is 15.2. The van der Waals surface area contributed by atoms with Crippen molar-refractivity contribution < 1.29 is 52.9 Å². The van der Waals surface area contributed by atoms with Gasteiger partial charge < -0.3 is 34.7 Å². The Bertz CT molecular complexity index is 1260. The number of nitrogens with one attached hydrogen (secondary N) is 2. The molecule has 0 saturated heterocycles. The van der Waals surface area contributed by atoms with Crippen LogP contribution in [0.3, 0.4) is 0 Å².